The summed E-state index contributed by atoms with van der Waals surface area (Å²) >= 11 is 1.20. The van der Waals surface area contributed by atoms with Crippen molar-refractivity contribution in [2.75, 3.05) is 12.3 Å². The molecule has 0 radical (unpaired) electrons. The van der Waals surface area contributed by atoms with Gasteiger partial charge >= 0.3 is 0 Å². The predicted octanol–water partition coefficient (Wildman–Crippen LogP) is 1.05. The van der Waals surface area contributed by atoms with Crippen molar-refractivity contribution in [1.82, 2.24) is 9.36 Å². The minimum Gasteiger partial charge on any atom is -0.374 e. The molecule has 0 bridgehead atoms. The minimum atomic E-state index is 0.474. The molecule has 0 aromatic carbocycles. The van der Waals surface area contributed by atoms with Gasteiger partial charge in [0.1, 0.15) is 6.61 Å². The molecule has 4 nitrogen and oxygen atoms in total. The first kappa shape index (κ1) is 8.42. The smallest absolute Gasteiger partial charge is 0.200 e. The maximum absolute atomic E-state index is 5.37. The van der Waals surface area contributed by atoms with E-state index < -0.39 is 0 Å². The van der Waals surface area contributed by atoms with Gasteiger partial charge in [0, 0.05) is 18.1 Å². The van der Waals surface area contributed by atoms with Crippen molar-refractivity contribution in [3.05, 3.63) is 5.82 Å². The summed E-state index contributed by atoms with van der Waals surface area (Å²) in [6, 6.07) is 0. The van der Waals surface area contributed by atoms with E-state index in [1.165, 1.54) is 11.5 Å². The molecule has 0 amide bonds. The fourth-order valence-corrected chi connectivity index (χ4v) is 1.07. The van der Waals surface area contributed by atoms with E-state index in [1.807, 2.05) is 0 Å². The van der Waals surface area contributed by atoms with Crippen molar-refractivity contribution in [2.45, 2.75) is 20.0 Å². The Kier molecular flexibility index (Phi) is 3.25. The van der Waals surface area contributed by atoms with Crippen LogP contribution in [-0.2, 0) is 11.3 Å². The lowest BCUT2D eigenvalue weighted by Crippen LogP contribution is -1.96. The standard InChI is InChI=1S/C6H11N3OS/c1-2-3-10-4-5-8-6(7)11-9-5/h2-4H2,1H3,(H2,7,8,9). The fraction of sp³-hybridized carbons (Fsp3) is 0.667. The van der Waals surface area contributed by atoms with Crippen LogP contribution in [0.15, 0.2) is 0 Å². The first-order valence-electron chi connectivity index (χ1n) is 3.48. The van der Waals surface area contributed by atoms with Crippen LogP contribution < -0.4 is 5.73 Å². The Hall–Kier alpha value is -0.680. The molecule has 0 saturated carbocycles. The van der Waals surface area contributed by atoms with E-state index in [2.05, 4.69) is 16.3 Å². The Balaban J connectivity index is 2.27. The summed E-state index contributed by atoms with van der Waals surface area (Å²) in [4.78, 5) is 3.94. The second-order valence-electron chi connectivity index (χ2n) is 2.10. The summed E-state index contributed by atoms with van der Waals surface area (Å²) < 4.78 is 9.18. The number of hydrogen-bond acceptors (Lipinski definition) is 5. The third kappa shape index (κ3) is 2.81. The third-order valence-corrected chi connectivity index (χ3v) is 1.64. The maximum Gasteiger partial charge on any atom is 0.200 e. The van der Waals surface area contributed by atoms with Crippen molar-refractivity contribution >= 4 is 16.7 Å². The number of nitrogens with two attached hydrogens (primary N) is 1. The second kappa shape index (κ2) is 4.25. The molecule has 0 unspecified atom stereocenters. The van der Waals surface area contributed by atoms with E-state index in [1.54, 1.807) is 0 Å². The van der Waals surface area contributed by atoms with Crippen molar-refractivity contribution < 1.29 is 4.74 Å². The molecular weight excluding hydrogens is 162 g/mol. The molecule has 0 spiro atoms. The number of aromatic nitrogens is 2. The number of ether oxygens (including phenoxy) is 1. The molecule has 0 atom stereocenters. The lowest BCUT2D eigenvalue weighted by molar-refractivity contribution is 0.117. The highest BCUT2D eigenvalue weighted by Crippen LogP contribution is 2.06. The van der Waals surface area contributed by atoms with E-state index in [-0.39, 0.29) is 0 Å². The van der Waals surface area contributed by atoms with E-state index in [9.17, 15) is 0 Å². The van der Waals surface area contributed by atoms with Gasteiger partial charge in [-0.2, -0.15) is 4.37 Å². The highest BCUT2D eigenvalue weighted by molar-refractivity contribution is 7.09. The molecule has 1 aromatic heterocycles. The number of nitrogens with zero attached hydrogens (tertiary/aromatic N) is 2. The molecule has 1 rings (SSSR count). The molecule has 0 aliphatic carbocycles. The highest BCUT2D eigenvalue weighted by atomic mass is 32.1. The third-order valence-electron chi connectivity index (χ3n) is 1.06. The quantitative estimate of drug-likeness (QED) is 0.691. The predicted molar refractivity (Wildman–Crippen MR) is 44.3 cm³/mol. The van der Waals surface area contributed by atoms with Gasteiger partial charge in [-0.25, -0.2) is 4.98 Å². The zero-order chi connectivity index (χ0) is 8.10. The molecule has 2 N–H and O–H groups in total. The molecule has 0 saturated heterocycles. The van der Waals surface area contributed by atoms with Crippen LogP contribution in [0.1, 0.15) is 19.2 Å². The number of anilines is 1. The van der Waals surface area contributed by atoms with Gasteiger partial charge in [0.05, 0.1) is 0 Å². The summed E-state index contributed by atoms with van der Waals surface area (Å²) in [5, 5.41) is 0.500. The van der Waals surface area contributed by atoms with E-state index >= 15 is 0 Å². The zero-order valence-electron chi connectivity index (χ0n) is 6.41. The molecular formula is C6H11N3OS. The molecule has 5 heteroatoms. The number of hydrogen-bond donors (Lipinski definition) is 1. The van der Waals surface area contributed by atoms with Crippen molar-refractivity contribution in [3.8, 4) is 0 Å². The van der Waals surface area contributed by atoms with Gasteiger partial charge in [-0.05, 0) is 6.42 Å². The molecule has 0 aliphatic rings. The lowest BCUT2D eigenvalue weighted by atomic mass is 10.5. The van der Waals surface area contributed by atoms with Crippen LogP contribution in [0.4, 0.5) is 5.13 Å². The molecule has 1 heterocycles. The Bertz CT molecular complexity index is 213. The Labute approximate surface area is 69.6 Å². The first-order chi connectivity index (χ1) is 5.33. The van der Waals surface area contributed by atoms with Crippen LogP contribution in [0.2, 0.25) is 0 Å². The Morgan fingerprint density at radius 1 is 1.64 bits per heavy atom. The van der Waals surface area contributed by atoms with Crippen LogP contribution >= 0.6 is 11.5 Å². The summed E-state index contributed by atoms with van der Waals surface area (Å²) in [5.41, 5.74) is 5.37. The topological polar surface area (TPSA) is 61.0 Å². The first-order valence-corrected chi connectivity index (χ1v) is 4.26. The van der Waals surface area contributed by atoms with Gasteiger partial charge in [-0.15, -0.1) is 0 Å². The largest absolute Gasteiger partial charge is 0.374 e. The summed E-state index contributed by atoms with van der Waals surface area (Å²) in [5.74, 6) is 0.681. The van der Waals surface area contributed by atoms with Gasteiger partial charge in [0.2, 0.25) is 0 Å². The fourth-order valence-electron chi connectivity index (χ4n) is 0.634. The van der Waals surface area contributed by atoms with Crippen LogP contribution in [0.3, 0.4) is 0 Å². The van der Waals surface area contributed by atoms with Gasteiger partial charge < -0.3 is 10.5 Å². The second-order valence-corrected chi connectivity index (χ2v) is 2.88. The molecule has 62 valence electrons. The van der Waals surface area contributed by atoms with Gasteiger partial charge in [0.15, 0.2) is 11.0 Å². The molecule has 0 aliphatic heterocycles. The Morgan fingerprint density at radius 3 is 3.00 bits per heavy atom. The van der Waals surface area contributed by atoms with Gasteiger partial charge in [-0.1, -0.05) is 6.92 Å². The SMILES string of the molecule is CCCOCc1nsc(N)n1. The van der Waals surface area contributed by atoms with Gasteiger partial charge in [-0.3, -0.25) is 0 Å². The zero-order valence-corrected chi connectivity index (χ0v) is 7.23. The number of rotatable bonds is 4. The van der Waals surface area contributed by atoms with Gasteiger partial charge in [0.25, 0.3) is 0 Å². The van der Waals surface area contributed by atoms with E-state index in [4.69, 9.17) is 10.5 Å². The van der Waals surface area contributed by atoms with Crippen molar-refractivity contribution in [3.63, 3.8) is 0 Å². The van der Waals surface area contributed by atoms with E-state index in [0.29, 0.717) is 17.6 Å². The van der Waals surface area contributed by atoms with Crippen LogP contribution in [0.25, 0.3) is 0 Å². The normalized spacial score (nSPS) is 10.3. The summed E-state index contributed by atoms with van der Waals surface area (Å²) in [6.45, 7) is 3.28. The molecule has 0 fully saturated rings. The molecule has 1 aromatic rings. The monoisotopic (exact) mass is 173 g/mol. The lowest BCUT2D eigenvalue weighted by Gasteiger charge is -1.95. The van der Waals surface area contributed by atoms with Crippen LogP contribution in [-0.4, -0.2) is 16.0 Å². The van der Waals surface area contributed by atoms with Crippen LogP contribution in [0, 0.1) is 0 Å². The highest BCUT2D eigenvalue weighted by Gasteiger charge is 1.98. The van der Waals surface area contributed by atoms with Crippen molar-refractivity contribution in [2.24, 2.45) is 0 Å². The van der Waals surface area contributed by atoms with Crippen molar-refractivity contribution in [1.29, 1.82) is 0 Å². The summed E-state index contributed by atoms with van der Waals surface area (Å²) in [6.07, 6.45) is 1.01. The number of nitrogen functional groups attached to an aromatic ring is 1. The van der Waals surface area contributed by atoms with Crippen LogP contribution in [0.5, 0.6) is 0 Å². The summed E-state index contributed by atoms with van der Waals surface area (Å²) in [7, 11) is 0. The van der Waals surface area contributed by atoms with E-state index in [0.717, 1.165) is 13.0 Å². The average Bonchev–Trinajstić information content (AvgIpc) is 2.37. The minimum absolute atomic E-state index is 0.474. The molecule has 11 heavy (non-hydrogen) atoms. The Morgan fingerprint density at radius 2 is 2.45 bits per heavy atom. The maximum atomic E-state index is 5.37. The average molecular weight is 173 g/mol.